The smallest absolute Gasteiger partial charge is 0.196 e. The number of nitrogens with one attached hydrogen (secondary N) is 1. The number of aromatic amines is 1. The van der Waals surface area contributed by atoms with E-state index >= 15 is 0 Å². The molecular formula is C12H15N5OS. The highest BCUT2D eigenvalue weighted by Gasteiger charge is 2.15. The average molecular weight is 277 g/mol. The quantitative estimate of drug-likeness (QED) is 0.857. The zero-order chi connectivity index (χ0) is 13.1. The van der Waals surface area contributed by atoms with E-state index in [2.05, 4.69) is 20.1 Å². The van der Waals surface area contributed by atoms with Gasteiger partial charge in [0, 0.05) is 31.0 Å². The Morgan fingerprint density at radius 3 is 2.95 bits per heavy atom. The van der Waals surface area contributed by atoms with E-state index in [1.807, 2.05) is 16.7 Å². The molecule has 7 heteroatoms. The molecular weight excluding hydrogens is 262 g/mol. The van der Waals surface area contributed by atoms with Crippen molar-refractivity contribution in [1.82, 2.24) is 24.6 Å². The first-order chi connectivity index (χ1) is 9.34. The van der Waals surface area contributed by atoms with Crippen LogP contribution in [0.5, 0.6) is 0 Å². The second kappa shape index (κ2) is 5.60. The van der Waals surface area contributed by atoms with Crippen molar-refractivity contribution in [2.45, 2.75) is 6.67 Å². The minimum atomic E-state index is 0.630. The number of morpholine rings is 1. The SMILES string of the molecule is S=c1[nH]nc(-c2cccnc2)n1CN1CCOCC1. The Kier molecular flexibility index (Phi) is 3.67. The zero-order valence-corrected chi connectivity index (χ0v) is 11.3. The normalized spacial score (nSPS) is 16.6. The van der Waals surface area contributed by atoms with E-state index in [4.69, 9.17) is 17.0 Å². The summed E-state index contributed by atoms with van der Waals surface area (Å²) in [5, 5.41) is 7.15. The van der Waals surface area contributed by atoms with Crippen molar-refractivity contribution < 1.29 is 4.74 Å². The molecule has 1 aliphatic heterocycles. The lowest BCUT2D eigenvalue weighted by atomic mass is 10.3. The molecule has 0 spiro atoms. The van der Waals surface area contributed by atoms with E-state index in [1.54, 1.807) is 12.4 Å². The minimum absolute atomic E-state index is 0.630. The topological polar surface area (TPSA) is 59.0 Å². The van der Waals surface area contributed by atoms with Crippen molar-refractivity contribution in [2.75, 3.05) is 26.3 Å². The molecule has 3 rings (SSSR count). The van der Waals surface area contributed by atoms with E-state index in [-0.39, 0.29) is 0 Å². The predicted octanol–water partition coefficient (Wildman–Crippen LogP) is 1.29. The van der Waals surface area contributed by atoms with Crippen molar-refractivity contribution >= 4 is 12.2 Å². The first-order valence-corrected chi connectivity index (χ1v) is 6.61. The molecule has 19 heavy (non-hydrogen) atoms. The summed E-state index contributed by atoms with van der Waals surface area (Å²) >= 11 is 5.31. The van der Waals surface area contributed by atoms with E-state index in [0.29, 0.717) is 4.77 Å². The average Bonchev–Trinajstić information content (AvgIpc) is 2.82. The highest BCUT2D eigenvalue weighted by Crippen LogP contribution is 2.16. The second-order valence-electron chi connectivity index (χ2n) is 4.39. The zero-order valence-electron chi connectivity index (χ0n) is 10.5. The number of aromatic nitrogens is 4. The minimum Gasteiger partial charge on any atom is -0.379 e. The van der Waals surface area contributed by atoms with Crippen LogP contribution in [0.3, 0.4) is 0 Å². The molecule has 3 heterocycles. The van der Waals surface area contributed by atoms with Crippen molar-refractivity contribution in [1.29, 1.82) is 0 Å². The number of hydrogen-bond acceptors (Lipinski definition) is 5. The predicted molar refractivity (Wildman–Crippen MR) is 73.0 cm³/mol. The number of H-pyrrole nitrogens is 1. The molecule has 1 fully saturated rings. The maximum Gasteiger partial charge on any atom is 0.196 e. The van der Waals surface area contributed by atoms with Crippen molar-refractivity contribution in [3.8, 4) is 11.4 Å². The van der Waals surface area contributed by atoms with Crippen LogP contribution in [0.2, 0.25) is 0 Å². The standard InChI is InChI=1S/C12H15N5OS/c19-12-15-14-11(10-2-1-3-13-8-10)17(12)9-16-4-6-18-7-5-16/h1-3,8H,4-7,9H2,(H,15,19). The third kappa shape index (κ3) is 2.73. The van der Waals surface area contributed by atoms with Crippen LogP contribution >= 0.6 is 12.2 Å². The lowest BCUT2D eigenvalue weighted by Crippen LogP contribution is -2.37. The Bertz CT molecular complexity index is 588. The van der Waals surface area contributed by atoms with Crippen LogP contribution in [0.1, 0.15) is 0 Å². The maximum absolute atomic E-state index is 5.35. The molecule has 6 nitrogen and oxygen atoms in total. The Labute approximate surface area is 116 Å². The van der Waals surface area contributed by atoms with Gasteiger partial charge in [0.15, 0.2) is 10.6 Å². The van der Waals surface area contributed by atoms with E-state index < -0.39 is 0 Å². The largest absolute Gasteiger partial charge is 0.379 e. The van der Waals surface area contributed by atoms with Gasteiger partial charge in [0.05, 0.1) is 19.9 Å². The summed E-state index contributed by atoms with van der Waals surface area (Å²) in [5.41, 5.74) is 0.961. The summed E-state index contributed by atoms with van der Waals surface area (Å²) in [4.78, 5) is 6.42. The molecule has 0 radical (unpaired) electrons. The number of ether oxygens (including phenoxy) is 1. The molecule has 0 aromatic carbocycles. The van der Waals surface area contributed by atoms with Crippen LogP contribution in [-0.4, -0.2) is 51.0 Å². The summed E-state index contributed by atoms with van der Waals surface area (Å²) in [7, 11) is 0. The van der Waals surface area contributed by atoms with Gasteiger partial charge in [-0.05, 0) is 24.4 Å². The van der Waals surface area contributed by atoms with E-state index in [9.17, 15) is 0 Å². The lowest BCUT2D eigenvalue weighted by Gasteiger charge is -2.27. The van der Waals surface area contributed by atoms with Gasteiger partial charge in [0.25, 0.3) is 0 Å². The van der Waals surface area contributed by atoms with Gasteiger partial charge in [0.2, 0.25) is 0 Å². The fourth-order valence-corrected chi connectivity index (χ4v) is 2.30. The summed E-state index contributed by atoms with van der Waals surface area (Å²) in [5.74, 6) is 0.824. The van der Waals surface area contributed by atoms with Crippen molar-refractivity contribution in [3.05, 3.63) is 29.3 Å². The van der Waals surface area contributed by atoms with Crippen LogP contribution in [0, 0.1) is 4.77 Å². The van der Waals surface area contributed by atoms with E-state index in [0.717, 1.165) is 44.4 Å². The summed E-state index contributed by atoms with van der Waals surface area (Å²) in [6.45, 7) is 4.10. The lowest BCUT2D eigenvalue weighted by molar-refractivity contribution is 0.0234. The molecule has 0 unspecified atom stereocenters. The van der Waals surface area contributed by atoms with Gasteiger partial charge in [-0.3, -0.25) is 19.5 Å². The first-order valence-electron chi connectivity index (χ1n) is 6.20. The Balaban J connectivity index is 1.88. The van der Waals surface area contributed by atoms with Gasteiger partial charge in [-0.2, -0.15) is 5.10 Å². The van der Waals surface area contributed by atoms with Crippen molar-refractivity contribution in [3.63, 3.8) is 0 Å². The summed E-state index contributed by atoms with van der Waals surface area (Å²) in [6.07, 6.45) is 3.54. The first kappa shape index (κ1) is 12.5. The van der Waals surface area contributed by atoms with Gasteiger partial charge < -0.3 is 4.74 Å². The van der Waals surface area contributed by atoms with Crippen molar-refractivity contribution in [2.24, 2.45) is 0 Å². The number of pyridine rings is 1. The molecule has 0 bridgehead atoms. The van der Waals surface area contributed by atoms with E-state index in [1.165, 1.54) is 0 Å². The van der Waals surface area contributed by atoms with Crippen LogP contribution in [-0.2, 0) is 11.4 Å². The van der Waals surface area contributed by atoms with Gasteiger partial charge >= 0.3 is 0 Å². The summed E-state index contributed by atoms with van der Waals surface area (Å²) < 4.78 is 7.98. The van der Waals surface area contributed by atoms with Crippen LogP contribution in [0.15, 0.2) is 24.5 Å². The molecule has 0 atom stereocenters. The maximum atomic E-state index is 5.35. The third-order valence-electron chi connectivity index (χ3n) is 3.12. The van der Waals surface area contributed by atoms with Crippen LogP contribution < -0.4 is 0 Å². The Morgan fingerprint density at radius 2 is 2.21 bits per heavy atom. The van der Waals surface area contributed by atoms with Gasteiger partial charge in [-0.15, -0.1) is 0 Å². The third-order valence-corrected chi connectivity index (χ3v) is 3.43. The molecule has 1 aliphatic rings. The second-order valence-corrected chi connectivity index (χ2v) is 4.78. The monoisotopic (exact) mass is 277 g/mol. The molecule has 1 saturated heterocycles. The molecule has 0 saturated carbocycles. The Hall–Kier alpha value is -1.57. The number of nitrogens with zero attached hydrogens (tertiary/aromatic N) is 4. The highest BCUT2D eigenvalue weighted by molar-refractivity contribution is 7.71. The molecule has 2 aromatic rings. The molecule has 2 aromatic heterocycles. The number of hydrogen-bond donors (Lipinski definition) is 1. The van der Waals surface area contributed by atoms with Crippen LogP contribution in [0.4, 0.5) is 0 Å². The van der Waals surface area contributed by atoms with Gasteiger partial charge in [-0.25, -0.2) is 0 Å². The van der Waals surface area contributed by atoms with Crippen LogP contribution in [0.25, 0.3) is 11.4 Å². The summed E-state index contributed by atoms with van der Waals surface area (Å²) in [6, 6.07) is 3.87. The molecule has 1 N–H and O–H groups in total. The fourth-order valence-electron chi connectivity index (χ4n) is 2.11. The molecule has 0 amide bonds. The molecule has 100 valence electrons. The fraction of sp³-hybridized carbons (Fsp3) is 0.417. The highest BCUT2D eigenvalue weighted by atomic mass is 32.1. The van der Waals surface area contributed by atoms with Gasteiger partial charge in [0.1, 0.15) is 0 Å². The number of rotatable bonds is 3. The molecule has 0 aliphatic carbocycles. The Morgan fingerprint density at radius 1 is 1.37 bits per heavy atom. The van der Waals surface area contributed by atoms with Gasteiger partial charge in [-0.1, -0.05) is 0 Å².